The summed E-state index contributed by atoms with van der Waals surface area (Å²) in [7, 11) is 2.09. The molecule has 0 unspecified atom stereocenters. The normalized spacial score (nSPS) is 15.5. The number of nitrogens with zero attached hydrogens (tertiary/aromatic N) is 2. The molecule has 0 bridgehead atoms. The van der Waals surface area contributed by atoms with Gasteiger partial charge in [0.2, 0.25) is 11.4 Å². The number of aromatic nitrogens is 2. The lowest BCUT2D eigenvalue weighted by atomic mass is 9.86. The zero-order chi connectivity index (χ0) is 19.3. The first-order valence-corrected chi connectivity index (χ1v) is 10.4. The molecule has 3 heteroatoms. The fraction of sp³-hybridized carbons (Fsp3) is 0.360. The van der Waals surface area contributed by atoms with Gasteiger partial charge in [0.1, 0.15) is 7.05 Å². The SMILES string of the molecule is Cc1cc[n+](C)c(-c2c(C)ccc3c2oc2nc(C4CCCCC4)ccc23)c1. The fourth-order valence-corrected chi connectivity index (χ4v) is 4.70. The molecule has 0 N–H and O–H groups in total. The summed E-state index contributed by atoms with van der Waals surface area (Å²) >= 11 is 0. The monoisotopic (exact) mass is 371 g/mol. The number of furan rings is 1. The minimum Gasteiger partial charge on any atom is -0.437 e. The molecule has 0 amide bonds. The van der Waals surface area contributed by atoms with Crippen molar-refractivity contribution in [2.75, 3.05) is 0 Å². The van der Waals surface area contributed by atoms with E-state index in [1.54, 1.807) is 0 Å². The van der Waals surface area contributed by atoms with Crippen molar-refractivity contribution in [1.82, 2.24) is 4.98 Å². The zero-order valence-corrected chi connectivity index (χ0v) is 17.0. The number of benzene rings is 1. The van der Waals surface area contributed by atoms with Crippen LogP contribution >= 0.6 is 0 Å². The summed E-state index contributed by atoms with van der Waals surface area (Å²) in [5.41, 5.74) is 7.74. The number of pyridine rings is 2. The van der Waals surface area contributed by atoms with Crippen molar-refractivity contribution >= 4 is 22.1 Å². The topological polar surface area (TPSA) is 29.9 Å². The highest BCUT2D eigenvalue weighted by molar-refractivity contribution is 6.08. The molecule has 3 nitrogen and oxygen atoms in total. The van der Waals surface area contributed by atoms with E-state index in [9.17, 15) is 0 Å². The lowest BCUT2D eigenvalue weighted by Crippen LogP contribution is -2.30. The summed E-state index contributed by atoms with van der Waals surface area (Å²) in [5.74, 6) is 0.585. The third kappa shape index (κ3) is 2.81. The van der Waals surface area contributed by atoms with Gasteiger partial charge in [-0.1, -0.05) is 31.4 Å². The minimum atomic E-state index is 0.585. The Morgan fingerprint density at radius 3 is 2.57 bits per heavy atom. The van der Waals surface area contributed by atoms with Gasteiger partial charge in [0, 0.05) is 34.5 Å². The number of hydrogen-bond acceptors (Lipinski definition) is 2. The van der Waals surface area contributed by atoms with E-state index in [0.29, 0.717) is 5.92 Å². The Hall–Kier alpha value is -2.68. The van der Waals surface area contributed by atoms with Gasteiger partial charge in [-0.25, -0.2) is 9.55 Å². The van der Waals surface area contributed by atoms with Crippen LogP contribution in [0.5, 0.6) is 0 Å². The van der Waals surface area contributed by atoms with Crippen molar-refractivity contribution in [2.45, 2.75) is 51.9 Å². The third-order valence-corrected chi connectivity index (χ3v) is 6.32. The van der Waals surface area contributed by atoms with Crippen LogP contribution in [0.1, 0.15) is 54.8 Å². The highest BCUT2D eigenvalue weighted by atomic mass is 16.3. The van der Waals surface area contributed by atoms with Crippen LogP contribution in [-0.2, 0) is 7.05 Å². The summed E-state index contributed by atoms with van der Waals surface area (Å²) in [4.78, 5) is 4.97. The molecule has 142 valence electrons. The van der Waals surface area contributed by atoms with Crippen LogP contribution in [-0.4, -0.2) is 4.98 Å². The smallest absolute Gasteiger partial charge is 0.227 e. The molecule has 28 heavy (non-hydrogen) atoms. The highest BCUT2D eigenvalue weighted by Crippen LogP contribution is 2.38. The zero-order valence-electron chi connectivity index (χ0n) is 17.0. The van der Waals surface area contributed by atoms with Crippen molar-refractivity contribution in [3.63, 3.8) is 0 Å². The van der Waals surface area contributed by atoms with E-state index in [1.165, 1.54) is 60.2 Å². The molecule has 1 aliphatic carbocycles. The van der Waals surface area contributed by atoms with E-state index in [4.69, 9.17) is 9.40 Å². The standard InChI is InChI=1S/C25H27N2O/c1-16-13-14-27(3)22(15-16)23-17(2)9-10-19-20-11-12-21(18-7-5-4-6-8-18)26-25(20)28-24(19)23/h9-15,18H,4-8H2,1-3H3/q+1. The molecule has 0 spiro atoms. The van der Waals surface area contributed by atoms with E-state index in [1.807, 2.05) is 0 Å². The Morgan fingerprint density at radius 2 is 1.75 bits per heavy atom. The van der Waals surface area contributed by atoms with Gasteiger partial charge in [-0.05, 0) is 49.9 Å². The number of hydrogen-bond donors (Lipinski definition) is 0. The second-order valence-electron chi connectivity index (χ2n) is 8.36. The Bertz CT molecular complexity index is 1180. The molecule has 0 atom stereocenters. The van der Waals surface area contributed by atoms with Crippen molar-refractivity contribution in [3.05, 3.63) is 59.4 Å². The van der Waals surface area contributed by atoms with Crippen molar-refractivity contribution in [3.8, 4) is 11.3 Å². The van der Waals surface area contributed by atoms with E-state index >= 15 is 0 Å². The first kappa shape index (κ1) is 17.4. The van der Waals surface area contributed by atoms with Gasteiger partial charge in [-0.2, -0.15) is 0 Å². The number of fused-ring (bicyclic) bond motifs is 3. The molecule has 3 heterocycles. The number of rotatable bonds is 2. The van der Waals surface area contributed by atoms with E-state index in [0.717, 1.165) is 22.1 Å². The predicted octanol–water partition coefficient (Wildman–Crippen LogP) is 6.14. The molecule has 0 radical (unpaired) electrons. The molecule has 1 aromatic carbocycles. The molecule has 1 saturated carbocycles. The molecule has 5 rings (SSSR count). The van der Waals surface area contributed by atoms with Crippen LogP contribution in [0.4, 0.5) is 0 Å². The van der Waals surface area contributed by atoms with Gasteiger partial charge in [-0.3, -0.25) is 0 Å². The van der Waals surface area contributed by atoms with Gasteiger partial charge in [0.05, 0.1) is 5.56 Å². The average Bonchev–Trinajstić information content (AvgIpc) is 3.08. The van der Waals surface area contributed by atoms with Crippen molar-refractivity contribution in [1.29, 1.82) is 0 Å². The lowest BCUT2D eigenvalue weighted by Gasteiger charge is -2.20. The van der Waals surface area contributed by atoms with Crippen molar-refractivity contribution in [2.24, 2.45) is 7.05 Å². The van der Waals surface area contributed by atoms with Gasteiger partial charge >= 0.3 is 0 Å². The Labute approximate surface area is 166 Å². The van der Waals surface area contributed by atoms with Gasteiger partial charge < -0.3 is 4.42 Å². The predicted molar refractivity (Wildman–Crippen MR) is 113 cm³/mol. The molecule has 4 aromatic rings. The summed E-state index contributed by atoms with van der Waals surface area (Å²) in [6, 6.07) is 13.2. The molecular formula is C25H27N2O+. The molecular weight excluding hydrogens is 344 g/mol. The van der Waals surface area contributed by atoms with Crippen LogP contribution in [0.3, 0.4) is 0 Å². The number of aryl methyl sites for hydroxylation is 3. The van der Waals surface area contributed by atoms with E-state index in [2.05, 4.69) is 68.1 Å². The Kier molecular flexibility index (Phi) is 4.19. The summed E-state index contributed by atoms with van der Waals surface area (Å²) in [6.45, 7) is 4.29. The second kappa shape index (κ2) is 6.73. The van der Waals surface area contributed by atoms with Gasteiger partial charge in [-0.15, -0.1) is 0 Å². The van der Waals surface area contributed by atoms with E-state index in [-0.39, 0.29) is 0 Å². The molecule has 3 aromatic heterocycles. The van der Waals surface area contributed by atoms with Crippen LogP contribution in [0.25, 0.3) is 33.3 Å². The second-order valence-corrected chi connectivity index (χ2v) is 8.36. The summed E-state index contributed by atoms with van der Waals surface area (Å²) in [6.07, 6.45) is 8.62. The highest BCUT2D eigenvalue weighted by Gasteiger charge is 2.22. The lowest BCUT2D eigenvalue weighted by molar-refractivity contribution is -0.660. The first-order valence-electron chi connectivity index (χ1n) is 10.4. The summed E-state index contributed by atoms with van der Waals surface area (Å²) in [5, 5.41) is 2.27. The van der Waals surface area contributed by atoms with Crippen molar-refractivity contribution < 1.29 is 8.98 Å². The van der Waals surface area contributed by atoms with Gasteiger partial charge in [0.25, 0.3) is 0 Å². The van der Waals surface area contributed by atoms with Gasteiger partial charge in [0.15, 0.2) is 11.8 Å². The van der Waals surface area contributed by atoms with E-state index < -0.39 is 0 Å². The maximum Gasteiger partial charge on any atom is 0.227 e. The molecule has 1 fully saturated rings. The maximum absolute atomic E-state index is 6.42. The fourth-order valence-electron chi connectivity index (χ4n) is 4.70. The third-order valence-electron chi connectivity index (χ3n) is 6.32. The summed E-state index contributed by atoms with van der Waals surface area (Å²) < 4.78 is 8.59. The molecule has 0 saturated heterocycles. The molecule has 0 aliphatic heterocycles. The van der Waals surface area contributed by atoms with Crippen LogP contribution in [0.15, 0.2) is 47.0 Å². The van der Waals surface area contributed by atoms with Crippen LogP contribution in [0.2, 0.25) is 0 Å². The Morgan fingerprint density at radius 1 is 0.964 bits per heavy atom. The Balaban J connectivity index is 1.73. The van der Waals surface area contributed by atoms with Crippen LogP contribution < -0.4 is 4.57 Å². The minimum absolute atomic E-state index is 0.585. The molecule has 1 aliphatic rings. The first-order chi connectivity index (χ1) is 13.6. The quantitative estimate of drug-likeness (QED) is 0.396. The largest absolute Gasteiger partial charge is 0.437 e. The average molecular weight is 372 g/mol. The maximum atomic E-state index is 6.42. The van der Waals surface area contributed by atoms with Crippen LogP contribution in [0, 0.1) is 13.8 Å².